The van der Waals surface area contributed by atoms with Crippen LogP contribution in [0.2, 0.25) is 0 Å². The predicted molar refractivity (Wildman–Crippen MR) is 78.7 cm³/mol. The van der Waals surface area contributed by atoms with E-state index in [2.05, 4.69) is 23.9 Å². The minimum Gasteiger partial charge on any atom is -0.316 e. The van der Waals surface area contributed by atoms with Crippen LogP contribution in [0.5, 0.6) is 0 Å². The van der Waals surface area contributed by atoms with Gasteiger partial charge in [-0.05, 0) is 37.1 Å². The van der Waals surface area contributed by atoms with E-state index in [1.807, 2.05) is 19.2 Å². The second-order valence-electron chi connectivity index (χ2n) is 4.99. The van der Waals surface area contributed by atoms with Gasteiger partial charge in [-0.1, -0.05) is 32.9 Å². The van der Waals surface area contributed by atoms with Gasteiger partial charge >= 0.3 is 0 Å². The molecule has 1 aromatic carbocycles. The molecule has 0 heterocycles. The van der Waals surface area contributed by atoms with Crippen LogP contribution in [0.15, 0.2) is 29.2 Å². The van der Waals surface area contributed by atoms with Gasteiger partial charge in [0.15, 0.2) is 0 Å². The number of rotatable bonds is 7. The number of benzene rings is 1. The molecule has 19 heavy (non-hydrogen) atoms. The van der Waals surface area contributed by atoms with Crippen molar-refractivity contribution in [1.29, 1.82) is 0 Å². The Bertz CT molecular complexity index is 481. The molecule has 0 radical (unpaired) electrons. The Labute approximate surface area is 116 Å². The van der Waals surface area contributed by atoms with Crippen LogP contribution in [-0.4, -0.2) is 28.1 Å². The van der Waals surface area contributed by atoms with Gasteiger partial charge in [-0.15, -0.1) is 0 Å². The van der Waals surface area contributed by atoms with Crippen molar-refractivity contribution >= 4 is 10.0 Å². The van der Waals surface area contributed by atoms with E-state index in [0.717, 1.165) is 12.0 Å². The molecular weight excluding hydrogens is 260 g/mol. The number of nitrogens with one attached hydrogen (secondary N) is 2. The van der Waals surface area contributed by atoms with Gasteiger partial charge in [0.25, 0.3) is 0 Å². The first-order valence-corrected chi connectivity index (χ1v) is 8.15. The molecule has 1 rings (SSSR count). The first kappa shape index (κ1) is 16.1. The van der Waals surface area contributed by atoms with E-state index < -0.39 is 10.0 Å². The van der Waals surface area contributed by atoms with Gasteiger partial charge in [0.1, 0.15) is 0 Å². The summed E-state index contributed by atoms with van der Waals surface area (Å²) in [6, 6.07) is 7.51. The van der Waals surface area contributed by atoms with E-state index >= 15 is 0 Å². The molecule has 0 saturated carbocycles. The molecule has 1 aromatic rings. The van der Waals surface area contributed by atoms with Crippen LogP contribution in [0.1, 0.15) is 26.3 Å². The van der Waals surface area contributed by atoms with E-state index in [1.165, 1.54) is 0 Å². The van der Waals surface area contributed by atoms with Gasteiger partial charge in [0.2, 0.25) is 10.0 Å². The van der Waals surface area contributed by atoms with Crippen molar-refractivity contribution in [2.24, 2.45) is 5.92 Å². The molecule has 2 N–H and O–H groups in total. The molecule has 0 amide bonds. The lowest BCUT2D eigenvalue weighted by Crippen LogP contribution is -2.32. The Morgan fingerprint density at radius 1 is 1.16 bits per heavy atom. The van der Waals surface area contributed by atoms with Crippen molar-refractivity contribution in [3.05, 3.63) is 29.8 Å². The van der Waals surface area contributed by atoms with Crippen LogP contribution in [0.3, 0.4) is 0 Å². The third-order valence-corrected chi connectivity index (χ3v) is 4.76. The SMILES string of the molecule is CCNS(=O)(=O)c1ccc(CC(NC)C(C)C)cc1. The molecule has 1 atom stereocenters. The first-order valence-electron chi connectivity index (χ1n) is 6.66. The van der Waals surface area contributed by atoms with Crippen LogP contribution >= 0.6 is 0 Å². The fraction of sp³-hybridized carbons (Fsp3) is 0.571. The normalized spacial score (nSPS) is 13.7. The van der Waals surface area contributed by atoms with Gasteiger partial charge in [0.05, 0.1) is 4.90 Å². The van der Waals surface area contributed by atoms with Gasteiger partial charge < -0.3 is 5.32 Å². The molecule has 0 aliphatic heterocycles. The largest absolute Gasteiger partial charge is 0.316 e. The molecule has 4 nitrogen and oxygen atoms in total. The maximum absolute atomic E-state index is 11.8. The zero-order valence-corrected chi connectivity index (χ0v) is 12.9. The highest BCUT2D eigenvalue weighted by Crippen LogP contribution is 2.14. The summed E-state index contributed by atoms with van der Waals surface area (Å²) in [4.78, 5) is 0.323. The Kier molecular flexibility index (Phi) is 5.97. The average Bonchev–Trinajstić information content (AvgIpc) is 2.36. The Morgan fingerprint density at radius 3 is 2.16 bits per heavy atom. The lowest BCUT2D eigenvalue weighted by atomic mass is 9.97. The highest BCUT2D eigenvalue weighted by atomic mass is 32.2. The van der Waals surface area contributed by atoms with E-state index in [-0.39, 0.29) is 0 Å². The van der Waals surface area contributed by atoms with Gasteiger partial charge in [-0.25, -0.2) is 13.1 Å². The Morgan fingerprint density at radius 2 is 1.74 bits per heavy atom. The molecule has 108 valence electrons. The Hall–Kier alpha value is -0.910. The molecule has 0 saturated heterocycles. The van der Waals surface area contributed by atoms with Crippen LogP contribution in [0, 0.1) is 5.92 Å². The highest BCUT2D eigenvalue weighted by molar-refractivity contribution is 7.89. The van der Waals surface area contributed by atoms with Gasteiger partial charge in [0, 0.05) is 12.6 Å². The van der Waals surface area contributed by atoms with Gasteiger partial charge in [-0.2, -0.15) is 0 Å². The fourth-order valence-electron chi connectivity index (χ4n) is 2.00. The quantitative estimate of drug-likeness (QED) is 0.802. The van der Waals surface area contributed by atoms with Crippen molar-refractivity contribution in [2.45, 2.75) is 38.1 Å². The first-order chi connectivity index (χ1) is 8.90. The molecule has 0 aliphatic carbocycles. The minimum atomic E-state index is -3.34. The molecule has 0 bridgehead atoms. The number of sulfonamides is 1. The Balaban J connectivity index is 2.82. The summed E-state index contributed by atoms with van der Waals surface area (Å²) in [7, 11) is -1.39. The topological polar surface area (TPSA) is 58.2 Å². The van der Waals surface area contributed by atoms with Crippen molar-refractivity contribution in [1.82, 2.24) is 10.0 Å². The van der Waals surface area contributed by atoms with Crippen molar-refractivity contribution < 1.29 is 8.42 Å². The summed E-state index contributed by atoms with van der Waals surface area (Å²) >= 11 is 0. The van der Waals surface area contributed by atoms with E-state index in [9.17, 15) is 8.42 Å². The third-order valence-electron chi connectivity index (χ3n) is 3.20. The second-order valence-corrected chi connectivity index (χ2v) is 6.76. The zero-order valence-electron chi connectivity index (χ0n) is 12.1. The highest BCUT2D eigenvalue weighted by Gasteiger charge is 2.14. The van der Waals surface area contributed by atoms with Crippen molar-refractivity contribution in [3.8, 4) is 0 Å². The summed E-state index contributed by atoms with van der Waals surface area (Å²) in [6.07, 6.45) is 0.899. The van der Waals surface area contributed by atoms with E-state index in [1.54, 1.807) is 19.1 Å². The molecule has 1 unspecified atom stereocenters. The lowest BCUT2D eigenvalue weighted by molar-refractivity contribution is 0.424. The summed E-state index contributed by atoms with van der Waals surface area (Å²) in [5.74, 6) is 0.537. The monoisotopic (exact) mass is 284 g/mol. The summed E-state index contributed by atoms with van der Waals surface area (Å²) < 4.78 is 26.1. The summed E-state index contributed by atoms with van der Waals surface area (Å²) in [5.41, 5.74) is 1.14. The number of hydrogen-bond donors (Lipinski definition) is 2. The summed E-state index contributed by atoms with van der Waals surface area (Å²) in [5, 5.41) is 3.28. The van der Waals surface area contributed by atoms with Crippen LogP contribution in [0.25, 0.3) is 0 Å². The summed E-state index contributed by atoms with van der Waals surface area (Å²) in [6.45, 7) is 6.52. The molecule has 5 heteroatoms. The molecule has 0 aromatic heterocycles. The maximum Gasteiger partial charge on any atom is 0.240 e. The second kappa shape index (κ2) is 7.03. The van der Waals surface area contributed by atoms with E-state index in [0.29, 0.717) is 23.4 Å². The van der Waals surface area contributed by atoms with Crippen LogP contribution < -0.4 is 10.0 Å². The molecular formula is C14H24N2O2S. The third kappa shape index (κ3) is 4.60. The molecule has 0 aliphatic rings. The minimum absolute atomic E-state index is 0.323. The lowest BCUT2D eigenvalue weighted by Gasteiger charge is -2.20. The number of likely N-dealkylation sites (N-methyl/N-ethyl adjacent to an activating group) is 1. The smallest absolute Gasteiger partial charge is 0.240 e. The zero-order chi connectivity index (χ0) is 14.5. The standard InChI is InChI=1S/C14H24N2O2S/c1-5-16-19(17,18)13-8-6-12(7-9-13)10-14(15-4)11(2)3/h6-9,11,14-16H,5,10H2,1-4H3. The fourth-order valence-corrected chi connectivity index (χ4v) is 3.04. The van der Waals surface area contributed by atoms with E-state index in [4.69, 9.17) is 0 Å². The van der Waals surface area contributed by atoms with Crippen LogP contribution in [-0.2, 0) is 16.4 Å². The average molecular weight is 284 g/mol. The molecule has 0 spiro atoms. The van der Waals surface area contributed by atoms with Crippen molar-refractivity contribution in [2.75, 3.05) is 13.6 Å². The number of hydrogen-bond acceptors (Lipinski definition) is 3. The van der Waals surface area contributed by atoms with Gasteiger partial charge in [-0.3, -0.25) is 0 Å². The van der Waals surface area contributed by atoms with Crippen LogP contribution in [0.4, 0.5) is 0 Å². The predicted octanol–water partition coefficient (Wildman–Crippen LogP) is 1.77. The molecule has 0 fully saturated rings. The van der Waals surface area contributed by atoms with Crippen molar-refractivity contribution in [3.63, 3.8) is 0 Å². The maximum atomic E-state index is 11.8.